The van der Waals surface area contributed by atoms with E-state index in [1.54, 1.807) is 6.07 Å². The Hall–Kier alpha value is -1.90. The minimum absolute atomic E-state index is 0.157. The monoisotopic (exact) mass is 336 g/mol. The molecule has 2 rings (SSSR count). The van der Waals surface area contributed by atoms with Crippen LogP contribution in [0.2, 0.25) is 5.02 Å². The zero-order valence-electron chi connectivity index (χ0n) is 12.2. The largest absolute Gasteiger partial charge is 0.316 e. The van der Waals surface area contributed by atoms with E-state index in [4.69, 9.17) is 11.6 Å². The Morgan fingerprint density at radius 3 is 2.77 bits per heavy atom. The molecule has 1 aromatic carbocycles. The number of benzene rings is 1. The van der Waals surface area contributed by atoms with Crippen molar-refractivity contribution in [2.75, 3.05) is 5.32 Å². The van der Waals surface area contributed by atoms with Crippen molar-refractivity contribution in [1.29, 1.82) is 5.26 Å². The molecule has 1 heterocycles. The Kier molecular flexibility index (Phi) is 5.17. The predicted octanol–water partition coefficient (Wildman–Crippen LogP) is 4.46. The fourth-order valence-electron chi connectivity index (χ4n) is 2.24. The number of nitrogens with zero attached hydrogens (tertiary/aromatic N) is 1. The maximum absolute atomic E-state index is 13.7. The Bertz CT molecular complexity index is 744. The van der Waals surface area contributed by atoms with Crippen LogP contribution in [0.3, 0.4) is 0 Å². The van der Waals surface area contributed by atoms with Gasteiger partial charge in [0.15, 0.2) is 0 Å². The minimum atomic E-state index is -0.514. The standard InChI is InChI=1S/C16H14ClFN2OS/c1-3-10-9(2)22-16(12(10)8-19)20-15(21)7-11-13(17)5-4-6-14(11)18/h4-6H,3,7H2,1-2H3,(H,20,21). The fourth-order valence-corrected chi connectivity index (χ4v) is 3.58. The maximum atomic E-state index is 13.7. The lowest BCUT2D eigenvalue weighted by atomic mass is 10.1. The summed E-state index contributed by atoms with van der Waals surface area (Å²) in [7, 11) is 0. The van der Waals surface area contributed by atoms with Crippen LogP contribution in [0.4, 0.5) is 9.39 Å². The van der Waals surface area contributed by atoms with Crippen LogP contribution in [-0.2, 0) is 17.6 Å². The molecule has 0 fully saturated rings. The van der Waals surface area contributed by atoms with Crippen LogP contribution in [0, 0.1) is 24.1 Å². The second kappa shape index (κ2) is 6.91. The van der Waals surface area contributed by atoms with Crippen LogP contribution in [-0.4, -0.2) is 5.91 Å². The highest BCUT2D eigenvalue weighted by atomic mass is 35.5. The molecule has 0 aliphatic rings. The molecule has 0 atom stereocenters. The van der Waals surface area contributed by atoms with Crippen LogP contribution in [0.25, 0.3) is 0 Å². The van der Waals surface area contributed by atoms with Gasteiger partial charge in [-0.2, -0.15) is 5.26 Å². The number of thiophene rings is 1. The van der Waals surface area contributed by atoms with Gasteiger partial charge in [-0.15, -0.1) is 11.3 Å². The molecular formula is C16H14ClFN2OS. The molecule has 0 bridgehead atoms. The van der Waals surface area contributed by atoms with E-state index in [-0.39, 0.29) is 17.0 Å². The van der Waals surface area contributed by atoms with Gasteiger partial charge in [0.2, 0.25) is 5.91 Å². The number of amides is 1. The number of anilines is 1. The fraction of sp³-hybridized carbons (Fsp3) is 0.250. The molecule has 0 saturated carbocycles. The molecule has 1 amide bonds. The van der Waals surface area contributed by atoms with E-state index in [0.29, 0.717) is 10.6 Å². The molecule has 22 heavy (non-hydrogen) atoms. The van der Waals surface area contributed by atoms with Crippen LogP contribution >= 0.6 is 22.9 Å². The van der Waals surface area contributed by atoms with Crippen LogP contribution in [0.1, 0.15) is 28.5 Å². The van der Waals surface area contributed by atoms with Crippen molar-refractivity contribution < 1.29 is 9.18 Å². The zero-order chi connectivity index (χ0) is 16.3. The summed E-state index contributed by atoms with van der Waals surface area (Å²) in [5.74, 6) is -0.910. The summed E-state index contributed by atoms with van der Waals surface area (Å²) < 4.78 is 13.7. The zero-order valence-corrected chi connectivity index (χ0v) is 13.7. The molecule has 0 aliphatic heterocycles. The molecular weight excluding hydrogens is 323 g/mol. The van der Waals surface area contributed by atoms with E-state index in [0.717, 1.165) is 16.9 Å². The first-order chi connectivity index (χ1) is 10.5. The first-order valence-corrected chi connectivity index (χ1v) is 7.92. The summed E-state index contributed by atoms with van der Waals surface area (Å²) in [5.41, 5.74) is 1.58. The number of aryl methyl sites for hydroxylation is 1. The normalized spacial score (nSPS) is 10.3. The van der Waals surface area contributed by atoms with Gasteiger partial charge < -0.3 is 5.32 Å². The molecule has 0 radical (unpaired) electrons. The van der Waals surface area contributed by atoms with Gasteiger partial charge in [-0.25, -0.2) is 4.39 Å². The number of hydrogen-bond donors (Lipinski definition) is 1. The highest BCUT2D eigenvalue weighted by molar-refractivity contribution is 7.16. The Balaban J connectivity index is 2.22. The van der Waals surface area contributed by atoms with Gasteiger partial charge >= 0.3 is 0 Å². The number of carbonyl (C=O) groups is 1. The van der Waals surface area contributed by atoms with Gasteiger partial charge in [0.25, 0.3) is 0 Å². The van der Waals surface area contributed by atoms with Crippen LogP contribution in [0.5, 0.6) is 0 Å². The number of rotatable bonds is 4. The summed E-state index contributed by atoms with van der Waals surface area (Å²) >= 11 is 7.27. The average molecular weight is 337 g/mol. The molecule has 1 aromatic heterocycles. The van der Waals surface area contributed by atoms with Crippen molar-refractivity contribution in [1.82, 2.24) is 0 Å². The van der Waals surface area contributed by atoms with E-state index in [2.05, 4.69) is 11.4 Å². The van der Waals surface area contributed by atoms with Crippen molar-refractivity contribution in [2.24, 2.45) is 0 Å². The number of carbonyl (C=O) groups excluding carboxylic acids is 1. The first kappa shape index (κ1) is 16.5. The van der Waals surface area contributed by atoms with Gasteiger partial charge in [0, 0.05) is 15.5 Å². The topological polar surface area (TPSA) is 52.9 Å². The quantitative estimate of drug-likeness (QED) is 0.895. The summed E-state index contributed by atoms with van der Waals surface area (Å²) in [6.45, 7) is 3.87. The summed E-state index contributed by atoms with van der Waals surface area (Å²) in [5, 5.41) is 12.7. The molecule has 6 heteroatoms. The molecule has 3 nitrogen and oxygen atoms in total. The summed E-state index contributed by atoms with van der Waals surface area (Å²) in [6.07, 6.45) is 0.551. The van der Waals surface area contributed by atoms with Crippen molar-refractivity contribution >= 4 is 33.8 Å². The molecule has 0 saturated heterocycles. The summed E-state index contributed by atoms with van der Waals surface area (Å²) in [4.78, 5) is 13.1. The molecule has 0 aliphatic carbocycles. The average Bonchev–Trinajstić information content (AvgIpc) is 2.77. The second-order valence-corrected chi connectivity index (χ2v) is 6.36. The van der Waals surface area contributed by atoms with Crippen LogP contribution < -0.4 is 5.32 Å². The van der Waals surface area contributed by atoms with Gasteiger partial charge in [0.05, 0.1) is 12.0 Å². The third kappa shape index (κ3) is 3.29. The van der Waals surface area contributed by atoms with E-state index < -0.39 is 11.7 Å². The highest BCUT2D eigenvalue weighted by Crippen LogP contribution is 2.33. The van der Waals surface area contributed by atoms with Gasteiger partial charge in [-0.1, -0.05) is 24.6 Å². The van der Waals surface area contributed by atoms with Gasteiger partial charge in [0.1, 0.15) is 16.9 Å². The van der Waals surface area contributed by atoms with Gasteiger partial charge in [-0.05, 0) is 31.0 Å². The van der Waals surface area contributed by atoms with E-state index in [9.17, 15) is 14.4 Å². The molecule has 0 unspecified atom stereocenters. The van der Waals surface area contributed by atoms with Crippen molar-refractivity contribution in [3.63, 3.8) is 0 Å². The lowest BCUT2D eigenvalue weighted by Crippen LogP contribution is -2.15. The van der Waals surface area contributed by atoms with E-state index in [1.165, 1.54) is 23.5 Å². The lowest BCUT2D eigenvalue weighted by molar-refractivity contribution is -0.115. The number of hydrogen-bond acceptors (Lipinski definition) is 3. The highest BCUT2D eigenvalue weighted by Gasteiger charge is 2.18. The minimum Gasteiger partial charge on any atom is -0.316 e. The Morgan fingerprint density at radius 1 is 1.45 bits per heavy atom. The van der Waals surface area contributed by atoms with E-state index in [1.807, 2.05) is 13.8 Å². The molecule has 0 spiro atoms. The SMILES string of the molecule is CCc1c(C)sc(NC(=O)Cc2c(F)cccc2Cl)c1C#N. The Labute approximate surface area is 137 Å². The number of nitrogens with one attached hydrogen (secondary N) is 1. The molecule has 2 aromatic rings. The maximum Gasteiger partial charge on any atom is 0.229 e. The van der Waals surface area contributed by atoms with Crippen LogP contribution in [0.15, 0.2) is 18.2 Å². The molecule has 1 N–H and O–H groups in total. The number of nitriles is 1. The van der Waals surface area contributed by atoms with Gasteiger partial charge in [-0.3, -0.25) is 4.79 Å². The third-order valence-corrected chi connectivity index (χ3v) is 4.74. The lowest BCUT2D eigenvalue weighted by Gasteiger charge is -2.06. The molecule has 114 valence electrons. The first-order valence-electron chi connectivity index (χ1n) is 6.73. The van der Waals surface area contributed by atoms with Crippen molar-refractivity contribution in [3.8, 4) is 6.07 Å². The smallest absolute Gasteiger partial charge is 0.229 e. The second-order valence-electron chi connectivity index (χ2n) is 4.73. The van der Waals surface area contributed by atoms with Crippen molar-refractivity contribution in [2.45, 2.75) is 26.7 Å². The third-order valence-electron chi connectivity index (χ3n) is 3.33. The summed E-state index contributed by atoms with van der Waals surface area (Å²) in [6, 6.07) is 6.42. The van der Waals surface area contributed by atoms with Crippen molar-refractivity contribution in [3.05, 3.63) is 50.6 Å². The predicted molar refractivity (Wildman–Crippen MR) is 86.9 cm³/mol. The van der Waals surface area contributed by atoms with E-state index >= 15 is 0 Å². The Morgan fingerprint density at radius 2 is 2.18 bits per heavy atom. The number of halogens is 2.